The fourth-order valence-corrected chi connectivity index (χ4v) is 4.02. The molecule has 0 aliphatic heterocycles. The van der Waals surface area contributed by atoms with E-state index in [0.29, 0.717) is 46.7 Å². The molecule has 0 radical (unpaired) electrons. The van der Waals surface area contributed by atoms with Crippen LogP contribution >= 0.6 is 0 Å². The van der Waals surface area contributed by atoms with Crippen molar-refractivity contribution in [3.63, 3.8) is 0 Å². The lowest BCUT2D eigenvalue weighted by Crippen LogP contribution is -2.31. The minimum atomic E-state index is -0.444. The van der Waals surface area contributed by atoms with E-state index in [4.69, 9.17) is 14.2 Å². The molecule has 2 aromatic carbocycles. The van der Waals surface area contributed by atoms with Gasteiger partial charge in [0.05, 0.1) is 7.11 Å². The lowest BCUT2D eigenvalue weighted by molar-refractivity contribution is 0.159. The molecule has 2 aromatic rings. The summed E-state index contributed by atoms with van der Waals surface area (Å²) in [6.07, 6.45) is 7.73. The third-order valence-electron chi connectivity index (χ3n) is 6.20. The maximum atomic E-state index is 12.9. The van der Waals surface area contributed by atoms with Crippen molar-refractivity contribution in [1.29, 1.82) is 0 Å². The van der Waals surface area contributed by atoms with Crippen molar-refractivity contribution < 1.29 is 23.8 Å². The quantitative estimate of drug-likeness (QED) is 0.281. The maximum Gasteiger partial charge on any atom is 0.415 e. The summed E-state index contributed by atoms with van der Waals surface area (Å²) in [5, 5.41) is 1.34. The molecule has 0 N–H and O–H groups in total. The van der Waals surface area contributed by atoms with Crippen LogP contribution in [-0.4, -0.2) is 56.3 Å². The second-order valence-corrected chi connectivity index (χ2v) is 9.06. The molecule has 0 bridgehead atoms. The van der Waals surface area contributed by atoms with Gasteiger partial charge in [-0.15, -0.1) is 0 Å². The van der Waals surface area contributed by atoms with Crippen molar-refractivity contribution in [1.82, 2.24) is 9.80 Å². The highest BCUT2D eigenvalue weighted by molar-refractivity contribution is 5.99. The van der Waals surface area contributed by atoms with Crippen molar-refractivity contribution in [2.75, 3.05) is 34.3 Å². The van der Waals surface area contributed by atoms with Crippen molar-refractivity contribution in [2.24, 2.45) is 0 Å². The molecular weight excluding hydrogens is 444 g/mol. The number of methoxy groups -OCH3 is 1. The minimum Gasteiger partial charge on any atom is -0.492 e. The molecule has 0 saturated carbocycles. The molecule has 2 rings (SSSR count). The number of carbonyl (C=O) groups excluding carboxylic acids is 2. The highest BCUT2D eigenvalue weighted by Crippen LogP contribution is 2.45. The first kappa shape index (κ1) is 28.3. The number of unbranched alkanes of at least 4 members (excludes halogenated alkanes) is 6. The summed E-state index contributed by atoms with van der Waals surface area (Å²) < 4.78 is 17.4. The van der Waals surface area contributed by atoms with Gasteiger partial charge < -0.3 is 24.0 Å². The molecule has 0 heterocycles. The highest BCUT2D eigenvalue weighted by atomic mass is 16.6. The van der Waals surface area contributed by atoms with Crippen LogP contribution in [0.15, 0.2) is 24.3 Å². The van der Waals surface area contributed by atoms with Gasteiger partial charge in [-0.1, -0.05) is 76.6 Å². The molecule has 2 amide bonds. The van der Waals surface area contributed by atoms with E-state index in [0.717, 1.165) is 51.4 Å². The Morgan fingerprint density at radius 2 is 1.17 bits per heavy atom. The Bertz CT molecular complexity index is 975. The number of carbonyl (C=O) groups is 2. The second-order valence-electron chi connectivity index (χ2n) is 9.06. The number of ether oxygens (including phenoxy) is 3. The molecule has 0 aliphatic carbocycles. The van der Waals surface area contributed by atoms with Crippen molar-refractivity contribution in [3.8, 4) is 17.2 Å². The summed E-state index contributed by atoms with van der Waals surface area (Å²) in [7, 11) is 5.01. The Morgan fingerprint density at radius 3 is 1.63 bits per heavy atom. The normalized spacial score (nSPS) is 10.8. The van der Waals surface area contributed by atoms with E-state index in [1.807, 2.05) is 24.3 Å². The summed E-state index contributed by atoms with van der Waals surface area (Å²) in [6, 6.07) is 7.42. The standard InChI is InChI=1S/C28H42N2O5/c1-7-9-11-15-19-29(4)27(31)34-24-21(3)25(33-6)26(23-18-14-13-17-22(23)24)35-28(32)30(5)20-16-12-10-8-2/h13-14,17-18H,7-12,15-16,19-20H2,1-6H3. The number of benzene rings is 2. The number of amides is 2. The fraction of sp³-hybridized carbons (Fsp3) is 0.571. The predicted octanol–water partition coefficient (Wildman–Crippen LogP) is 7.18. The van der Waals surface area contributed by atoms with Crippen LogP contribution in [0.25, 0.3) is 10.8 Å². The van der Waals surface area contributed by atoms with Crippen molar-refractivity contribution >= 4 is 23.0 Å². The van der Waals surface area contributed by atoms with E-state index in [9.17, 15) is 9.59 Å². The zero-order valence-corrected chi connectivity index (χ0v) is 22.3. The molecule has 35 heavy (non-hydrogen) atoms. The van der Waals surface area contributed by atoms with Crippen LogP contribution in [0.3, 0.4) is 0 Å². The zero-order valence-electron chi connectivity index (χ0n) is 22.3. The molecule has 0 saturated heterocycles. The van der Waals surface area contributed by atoms with Crippen LogP contribution in [0.5, 0.6) is 17.2 Å². The van der Waals surface area contributed by atoms with Crippen LogP contribution in [0.2, 0.25) is 0 Å². The van der Waals surface area contributed by atoms with Gasteiger partial charge in [0.1, 0.15) is 5.75 Å². The molecule has 0 aliphatic rings. The summed E-state index contributed by atoms with van der Waals surface area (Å²) in [6.45, 7) is 7.38. The highest BCUT2D eigenvalue weighted by Gasteiger charge is 2.25. The van der Waals surface area contributed by atoms with Crippen LogP contribution in [-0.2, 0) is 0 Å². The van der Waals surface area contributed by atoms with E-state index in [-0.39, 0.29) is 0 Å². The van der Waals surface area contributed by atoms with Gasteiger partial charge >= 0.3 is 12.2 Å². The maximum absolute atomic E-state index is 12.9. The number of fused-ring (bicyclic) bond motifs is 1. The van der Waals surface area contributed by atoms with E-state index < -0.39 is 12.2 Å². The number of nitrogens with zero attached hydrogens (tertiary/aromatic N) is 2. The number of hydrogen-bond donors (Lipinski definition) is 0. The van der Waals surface area contributed by atoms with E-state index >= 15 is 0 Å². The Labute approximate surface area is 210 Å². The molecule has 7 heteroatoms. The summed E-state index contributed by atoms with van der Waals surface area (Å²) in [5.41, 5.74) is 0.604. The Morgan fingerprint density at radius 1 is 0.714 bits per heavy atom. The third-order valence-corrected chi connectivity index (χ3v) is 6.20. The van der Waals surface area contributed by atoms with Crippen LogP contribution in [0.1, 0.15) is 70.8 Å². The minimum absolute atomic E-state index is 0.332. The van der Waals surface area contributed by atoms with Gasteiger partial charge in [0.15, 0.2) is 11.5 Å². The first-order valence-electron chi connectivity index (χ1n) is 12.8. The average Bonchev–Trinajstić information content (AvgIpc) is 2.86. The smallest absolute Gasteiger partial charge is 0.415 e. The summed E-state index contributed by atoms with van der Waals surface area (Å²) in [4.78, 5) is 28.9. The zero-order chi connectivity index (χ0) is 25.8. The van der Waals surface area contributed by atoms with Crippen LogP contribution in [0, 0.1) is 6.92 Å². The molecule has 0 aromatic heterocycles. The Hall–Kier alpha value is -2.96. The molecule has 0 unspecified atom stereocenters. The lowest BCUT2D eigenvalue weighted by atomic mass is 10.0. The number of hydrogen-bond acceptors (Lipinski definition) is 5. The van der Waals surface area contributed by atoms with Gasteiger partial charge in [-0.25, -0.2) is 9.59 Å². The van der Waals surface area contributed by atoms with E-state index in [1.54, 1.807) is 30.8 Å². The van der Waals surface area contributed by atoms with E-state index in [1.165, 1.54) is 7.11 Å². The van der Waals surface area contributed by atoms with Gasteiger partial charge in [0, 0.05) is 43.5 Å². The van der Waals surface area contributed by atoms with E-state index in [2.05, 4.69) is 13.8 Å². The monoisotopic (exact) mass is 486 g/mol. The SMILES string of the molecule is CCCCCCN(C)C(=O)Oc1c(C)c(OC)c(OC(=O)N(C)CCCCCC)c2ccccc12. The molecule has 0 fully saturated rings. The fourth-order valence-electron chi connectivity index (χ4n) is 4.02. The number of rotatable bonds is 13. The largest absolute Gasteiger partial charge is 0.492 e. The molecule has 0 spiro atoms. The van der Waals surface area contributed by atoms with Crippen molar-refractivity contribution in [2.45, 2.75) is 72.1 Å². The predicted molar refractivity (Wildman–Crippen MR) is 141 cm³/mol. The van der Waals surface area contributed by atoms with Crippen LogP contribution < -0.4 is 14.2 Å². The van der Waals surface area contributed by atoms with Crippen molar-refractivity contribution in [3.05, 3.63) is 29.8 Å². The second kappa shape index (κ2) is 14.4. The molecule has 194 valence electrons. The lowest BCUT2D eigenvalue weighted by Gasteiger charge is -2.22. The Balaban J connectivity index is 2.29. The average molecular weight is 487 g/mol. The first-order valence-corrected chi connectivity index (χ1v) is 12.8. The topological polar surface area (TPSA) is 68.3 Å². The van der Waals surface area contributed by atoms with Gasteiger partial charge in [0.2, 0.25) is 0 Å². The molecule has 0 atom stereocenters. The van der Waals surface area contributed by atoms with Gasteiger partial charge in [-0.05, 0) is 19.8 Å². The summed E-state index contributed by atoms with van der Waals surface area (Å²) in [5.74, 6) is 1.12. The van der Waals surface area contributed by atoms with Crippen LogP contribution in [0.4, 0.5) is 9.59 Å². The van der Waals surface area contributed by atoms with Gasteiger partial charge in [-0.2, -0.15) is 0 Å². The molecular formula is C28H42N2O5. The molecule has 7 nitrogen and oxygen atoms in total. The summed E-state index contributed by atoms with van der Waals surface area (Å²) >= 11 is 0. The van der Waals surface area contributed by atoms with Gasteiger partial charge in [-0.3, -0.25) is 0 Å². The Kier molecular flexibility index (Phi) is 11.7. The van der Waals surface area contributed by atoms with Gasteiger partial charge in [0.25, 0.3) is 0 Å². The first-order chi connectivity index (χ1) is 16.8. The third kappa shape index (κ3) is 7.77.